The summed E-state index contributed by atoms with van der Waals surface area (Å²) in [5, 5.41) is 21.2. The van der Waals surface area contributed by atoms with Gasteiger partial charge in [0.15, 0.2) is 0 Å². The first-order valence-electron chi connectivity index (χ1n) is 6.08. The number of aryl methyl sites for hydroxylation is 1. The molecule has 0 aliphatic heterocycles. The lowest BCUT2D eigenvalue weighted by atomic mass is 10.2. The van der Waals surface area contributed by atoms with E-state index in [9.17, 15) is 5.11 Å². The Bertz CT molecular complexity index is 454. The molecule has 2 aromatic rings. The molecule has 1 atom stereocenters. The molecule has 18 heavy (non-hydrogen) atoms. The van der Waals surface area contributed by atoms with Crippen molar-refractivity contribution in [2.45, 2.75) is 32.5 Å². The fourth-order valence-corrected chi connectivity index (χ4v) is 2.43. The highest BCUT2D eigenvalue weighted by atomic mass is 32.1. The monoisotopic (exact) mass is 266 g/mol. The molecule has 5 nitrogen and oxygen atoms in total. The van der Waals surface area contributed by atoms with Gasteiger partial charge in [-0.3, -0.25) is 0 Å². The Labute approximate surface area is 110 Å². The molecule has 0 fully saturated rings. The standard InChI is InChI=1S/C12H18N4OS/c1-2-4-16-12(14-9-15-16)7-13-6-11(17)10-3-5-18-8-10/h3,5,8-9,11,13,17H,2,4,6-7H2,1H3. The second-order valence-electron chi connectivity index (χ2n) is 4.10. The Balaban J connectivity index is 1.79. The number of thiophene rings is 1. The molecule has 0 aromatic carbocycles. The van der Waals surface area contributed by atoms with Gasteiger partial charge in [0.05, 0.1) is 12.6 Å². The SMILES string of the molecule is CCCn1ncnc1CNCC(O)c1ccsc1. The molecule has 0 amide bonds. The van der Waals surface area contributed by atoms with Gasteiger partial charge in [-0.05, 0) is 28.8 Å². The largest absolute Gasteiger partial charge is 0.387 e. The van der Waals surface area contributed by atoms with Crippen LogP contribution in [0.1, 0.15) is 30.8 Å². The van der Waals surface area contributed by atoms with E-state index >= 15 is 0 Å². The molecule has 0 spiro atoms. The minimum Gasteiger partial charge on any atom is -0.387 e. The van der Waals surface area contributed by atoms with Crippen molar-refractivity contribution in [3.63, 3.8) is 0 Å². The van der Waals surface area contributed by atoms with E-state index in [4.69, 9.17) is 0 Å². The molecule has 2 heterocycles. The number of aromatic nitrogens is 3. The zero-order chi connectivity index (χ0) is 12.8. The Kier molecular flexibility index (Phi) is 4.86. The van der Waals surface area contributed by atoms with Crippen LogP contribution in [0.3, 0.4) is 0 Å². The van der Waals surface area contributed by atoms with Crippen molar-refractivity contribution in [3.05, 3.63) is 34.5 Å². The maximum Gasteiger partial charge on any atom is 0.140 e. The quantitative estimate of drug-likeness (QED) is 0.798. The van der Waals surface area contributed by atoms with Crippen LogP contribution in [-0.4, -0.2) is 26.4 Å². The minimum atomic E-state index is -0.459. The molecule has 98 valence electrons. The molecule has 2 N–H and O–H groups in total. The highest BCUT2D eigenvalue weighted by Gasteiger charge is 2.08. The van der Waals surface area contributed by atoms with Crippen molar-refractivity contribution < 1.29 is 5.11 Å². The summed E-state index contributed by atoms with van der Waals surface area (Å²) >= 11 is 1.59. The van der Waals surface area contributed by atoms with Crippen molar-refractivity contribution >= 4 is 11.3 Å². The maximum atomic E-state index is 9.91. The molecule has 6 heteroatoms. The van der Waals surface area contributed by atoms with Gasteiger partial charge in [0.25, 0.3) is 0 Å². The Morgan fingerprint density at radius 1 is 1.56 bits per heavy atom. The lowest BCUT2D eigenvalue weighted by Crippen LogP contribution is -2.23. The number of hydrogen-bond acceptors (Lipinski definition) is 5. The molecule has 0 saturated carbocycles. The summed E-state index contributed by atoms with van der Waals surface area (Å²) in [4.78, 5) is 4.20. The van der Waals surface area contributed by atoms with Crippen LogP contribution in [0.4, 0.5) is 0 Å². The first kappa shape index (κ1) is 13.2. The van der Waals surface area contributed by atoms with E-state index in [-0.39, 0.29) is 0 Å². The number of nitrogens with zero attached hydrogens (tertiary/aromatic N) is 3. The number of nitrogens with one attached hydrogen (secondary N) is 1. The van der Waals surface area contributed by atoms with E-state index in [0.29, 0.717) is 13.1 Å². The third-order valence-electron chi connectivity index (χ3n) is 2.68. The van der Waals surface area contributed by atoms with E-state index in [1.54, 1.807) is 17.7 Å². The minimum absolute atomic E-state index is 0.459. The van der Waals surface area contributed by atoms with Crippen molar-refractivity contribution in [2.75, 3.05) is 6.54 Å². The normalized spacial score (nSPS) is 12.8. The molecular weight excluding hydrogens is 248 g/mol. The van der Waals surface area contributed by atoms with Gasteiger partial charge >= 0.3 is 0 Å². The smallest absolute Gasteiger partial charge is 0.140 e. The van der Waals surface area contributed by atoms with Crippen LogP contribution >= 0.6 is 11.3 Å². The summed E-state index contributed by atoms with van der Waals surface area (Å²) in [6, 6.07) is 1.94. The molecule has 0 aliphatic rings. The predicted octanol–water partition coefficient (Wildman–Crippen LogP) is 1.57. The van der Waals surface area contributed by atoms with Crippen LogP contribution in [0, 0.1) is 0 Å². The van der Waals surface area contributed by atoms with E-state index in [1.807, 2.05) is 21.5 Å². The second kappa shape index (κ2) is 6.63. The first-order valence-corrected chi connectivity index (χ1v) is 7.03. The third kappa shape index (κ3) is 3.38. The lowest BCUT2D eigenvalue weighted by Gasteiger charge is -2.10. The van der Waals surface area contributed by atoms with Crippen molar-refractivity contribution in [1.29, 1.82) is 0 Å². The average molecular weight is 266 g/mol. The Morgan fingerprint density at radius 3 is 3.17 bits per heavy atom. The zero-order valence-electron chi connectivity index (χ0n) is 10.4. The summed E-state index contributed by atoms with van der Waals surface area (Å²) in [7, 11) is 0. The van der Waals surface area contributed by atoms with Crippen LogP contribution in [-0.2, 0) is 13.1 Å². The number of aliphatic hydroxyl groups is 1. The van der Waals surface area contributed by atoms with Crippen LogP contribution in [0.25, 0.3) is 0 Å². The van der Waals surface area contributed by atoms with E-state index in [0.717, 1.165) is 24.4 Å². The van der Waals surface area contributed by atoms with Gasteiger partial charge in [-0.15, -0.1) is 0 Å². The molecular formula is C12H18N4OS. The fraction of sp³-hybridized carbons (Fsp3) is 0.500. The predicted molar refractivity (Wildman–Crippen MR) is 71.3 cm³/mol. The highest BCUT2D eigenvalue weighted by Crippen LogP contribution is 2.15. The van der Waals surface area contributed by atoms with Crippen molar-refractivity contribution in [2.24, 2.45) is 0 Å². The summed E-state index contributed by atoms with van der Waals surface area (Å²) in [6.45, 7) is 4.14. The van der Waals surface area contributed by atoms with Gasteiger partial charge in [0, 0.05) is 13.1 Å². The maximum absolute atomic E-state index is 9.91. The number of rotatable bonds is 7. The summed E-state index contributed by atoms with van der Waals surface area (Å²) < 4.78 is 1.89. The second-order valence-corrected chi connectivity index (χ2v) is 4.88. The van der Waals surface area contributed by atoms with Gasteiger partial charge in [0.2, 0.25) is 0 Å². The van der Waals surface area contributed by atoms with Crippen LogP contribution in [0.5, 0.6) is 0 Å². The van der Waals surface area contributed by atoms with Gasteiger partial charge in [0.1, 0.15) is 12.2 Å². The molecule has 0 saturated heterocycles. The third-order valence-corrected chi connectivity index (χ3v) is 3.38. The van der Waals surface area contributed by atoms with Crippen LogP contribution in [0.2, 0.25) is 0 Å². The summed E-state index contributed by atoms with van der Waals surface area (Å²) in [5.41, 5.74) is 0.961. The van der Waals surface area contributed by atoms with Gasteiger partial charge in [-0.25, -0.2) is 9.67 Å². The Morgan fingerprint density at radius 2 is 2.44 bits per heavy atom. The van der Waals surface area contributed by atoms with E-state index in [1.165, 1.54) is 0 Å². The topological polar surface area (TPSA) is 63.0 Å². The van der Waals surface area contributed by atoms with E-state index in [2.05, 4.69) is 22.3 Å². The van der Waals surface area contributed by atoms with Gasteiger partial charge in [-0.1, -0.05) is 6.92 Å². The first-order chi connectivity index (χ1) is 8.81. The zero-order valence-corrected chi connectivity index (χ0v) is 11.2. The molecule has 2 rings (SSSR count). The molecule has 0 radical (unpaired) electrons. The summed E-state index contributed by atoms with van der Waals surface area (Å²) in [6.07, 6.45) is 2.15. The number of hydrogen-bond donors (Lipinski definition) is 2. The average Bonchev–Trinajstić information content (AvgIpc) is 3.01. The van der Waals surface area contributed by atoms with Crippen LogP contribution in [0.15, 0.2) is 23.2 Å². The molecule has 1 unspecified atom stereocenters. The molecule has 2 aromatic heterocycles. The lowest BCUT2D eigenvalue weighted by molar-refractivity contribution is 0.174. The molecule has 0 aliphatic carbocycles. The van der Waals surface area contributed by atoms with Crippen molar-refractivity contribution in [3.8, 4) is 0 Å². The fourth-order valence-electron chi connectivity index (χ4n) is 1.73. The van der Waals surface area contributed by atoms with Crippen LogP contribution < -0.4 is 5.32 Å². The van der Waals surface area contributed by atoms with Crippen molar-refractivity contribution in [1.82, 2.24) is 20.1 Å². The Hall–Kier alpha value is -1.24. The number of aliphatic hydroxyl groups excluding tert-OH is 1. The summed E-state index contributed by atoms with van der Waals surface area (Å²) in [5.74, 6) is 0.911. The highest BCUT2D eigenvalue weighted by molar-refractivity contribution is 7.07. The molecule has 0 bridgehead atoms. The van der Waals surface area contributed by atoms with Gasteiger partial charge in [-0.2, -0.15) is 16.4 Å². The van der Waals surface area contributed by atoms with E-state index < -0.39 is 6.10 Å². The van der Waals surface area contributed by atoms with Gasteiger partial charge < -0.3 is 10.4 Å².